The Balaban J connectivity index is 1.33. The molecule has 1 aliphatic rings. The van der Waals surface area contributed by atoms with Gasteiger partial charge in [0.05, 0.1) is 17.2 Å². The standard InChI is InChI=1S/C38H50FN9O8/c1-5-46-20-27(36(52)53)34(50)26-17-28(39)32(18-31(26)46)47-13-15-48(16-14-47)38(55)56-21-24-8-10-25(11-9-24)45-35(51)30(7-6-12-42-37(41)54)43-19-29(40)33(22(2)3)44-23(4)49/h8-11,17-20,22,30,33,43H,5-7,12-16,21,40H2,1-4H3,(H,44,49)(H,45,51)(H,52,53)(H3,41,42,54)/b29-19-/t30-,33-/m0/s1. The molecule has 0 aliphatic carbocycles. The maximum absolute atomic E-state index is 15.3. The maximum atomic E-state index is 15.3. The van der Waals surface area contributed by atoms with Crippen molar-refractivity contribution in [2.24, 2.45) is 17.4 Å². The number of rotatable bonds is 16. The number of halogens is 1. The van der Waals surface area contributed by atoms with Gasteiger partial charge in [0.25, 0.3) is 0 Å². The number of carboxylic acids is 1. The van der Waals surface area contributed by atoms with Crippen molar-refractivity contribution in [3.63, 3.8) is 0 Å². The summed E-state index contributed by atoms with van der Waals surface area (Å²) in [7, 11) is 0. The van der Waals surface area contributed by atoms with Crippen molar-refractivity contribution in [3.8, 4) is 0 Å². The Hall–Kier alpha value is -6.33. The normalized spacial score (nSPS) is 14.2. The molecule has 0 radical (unpaired) electrons. The van der Waals surface area contributed by atoms with Crippen molar-refractivity contribution in [2.75, 3.05) is 42.9 Å². The van der Waals surface area contributed by atoms with E-state index < -0.39 is 47.0 Å². The Morgan fingerprint density at radius 1 is 1.04 bits per heavy atom. The molecule has 1 fully saturated rings. The van der Waals surface area contributed by atoms with E-state index in [0.29, 0.717) is 54.9 Å². The number of hydrogen-bond acceptors (Lipinski definition) is 10. The van der Waals surface area contributed by atoms with Crippen LogP contribution in [0.25, 0.3) is 10.9 Å². The minimum Gasteiger partial charge on any atom is -0.477 e. The van der Waals surface area contributed by atoms with Crippen LogP contribution in [-0.2, 0) is 27.5 Å². The summed E-state index contributed by atoms with van der Waals surface area (Å²) < 4.78 is 22.4. The maximum Gasteiger partial charge on any atom is 0.410 e. The van der Waals surface area contributed by atoms with Gasteiger partial charge >= 0.3 is 18.1 Å². The van der Waals surface area contributed by atoms with Crippen LogP contribution < -0.4 is 43.1 Å². The Morgan fingerprint density at radius 2 is 1.71 bits per heavy atom. The molecule has 18 heteroatoms. The Bertz CT molecular complexity index is 2010. The van der Waals surface area contributed by atoms with Crippen LogP contribution in [0, 0.1) is 11.7 Å². The summed E-state index contributed by atoms with van der Waals surface area (Å²) >= 11 is 0. The SMILES string of the molecule is CCn1cc(C(=O)O)c(=O)c2cc(F)c(N3CCN(C(=O)OCc4ccc(NC(=O)[C@H](CCCNC(N)=O)N/C=C(\N)[C@@H](NC(C)=O)C(C)C)cc4)CC3)cc21. The fraction of sp³-hybridized carbons (Fsp3) is 0.421. The number of nitrogens with two attached hydrogens (primary N) is 2. The number of fused-ring (bicyclic) bond motifs is 1. The van der Waals surface area contributed by atoms with Gasteiger partial charge in [0, 0.05) is 75.4 Å². The van der Waals surface area contributed by atoms with Gasteiger partial charge in [-0.1, -0.05) is 26.0 Å². The molecular formula is C38H50FN9O8. The van der Waals surface area contributed by atoms with Crippen molar-refractivity contribution in [1.82, 2.24) is 25.4 Å². The largest absolute Gasteiger partial charge is 0.477 e. The van der Waals surface area contributed by atoms with E-state index in [2.05, 4.69) is 21.3 Å². The van der Waals surface area contributed by atoms with E-state index in [0.717, 1.165) is 6.07 Å². The number of carbonyl (C=O) groups excluding carboxylic acids is 4. The van der Waals surface area contributed by atoms with E-state index in [4.69, 9.17) is 16.2 Å². The summed E-state index contributed by atoms with van der Waals surface area (Å²) in [6, 6.07) is 7.47. The monoisotopic (exact) mass is 779 g/mol. The van der Waals surface area contributed by atoms with E-state index >= 15 is 4.39 Å². The molecule has 0 spiro atoms. The van der Waals surface area contributed by atoms with Gasteiger partial charge in [-0.25, -0.2) is 18.8 Å². The van der Waals surface area contributed by atoms with Gasteiger partial charge in [0.2, 0.25) is 17.2 Å². The third kappa shape index (κ3) is 11.1. The average molecular weight is 780 g/mol. The van der Waals surface area contributed by atoms with E-state index in [1.54, 1.807) is 40.7 Å². The number of pyridine rings is 1. The first kappa shape index (κ1) is 42.4. The molecule has 17 nitrogen and oxygen atoms in total. The number of nitrogens with one attached hydrogen (secondary N) is 4. The number of hydrogen-bond donors (Lipinski definition) is 7. The van der Waals surface area contributed by atoms with Crippen molar-refractivity contribution >= 4 is 52.2 Å². The second kappa shape index (κ2) is 19.3. The minimum absolute atomic E-state index is 0.0110. The summed E-state index contributed by atoms with van der Waals surface area (Å²) in [4.78, 5) is 76.6. The van der Waals surface area contributed by atoms with Gasteiger partial charge in [0.15, 0.2) is 0 Å². The van der Waals surface area contributed by atoms with Crippen molar-refractivity contribution in [2.45, 2.75) is 65.8 Å². The first-order valence-electron chi connectivity index (χ1n) is 18.3. The second-order valence-corrected chi connectivity index (χ2v) is 13.7. The highest BCUT2D eigenvalue weighted by atomic mass is 19.1. The van der Waals surface area contributed by atoms with Crippen molar-refractivity contribution in [1.29, 1.82) is 0 Å². The van der Waals surface area contributed by atoms with Crippen LogP contribution in [0.1, 0.15) is 56.5 Å². The molecule has 5 amide bonds. The smallest absolute Gasteiger partial charge is 0.410 e. The molecule has 2 heterocycles. The van der Waals surface area contributed by atoms with Crippen LogP contribution in [0.5, 0.6) is 0 Å². The summed E-state index contributed by atoms with van der Waals surface area (Å²) in [6.07, 6.45) is 2.95. The fourth-order valence-corrected chi connectivity index (χ4v) is 6.28. The van der Waals surface area contributed by atoms with Crippen LogP contribution in [0.15, 0.2) is 59.3 Å². The molecular weight excluding hydrogens is 729 g/mol. The number of carbonyl (C=O) groups is 5. The zero-order valence-electron chi connectivity index (χ0n) is 31.9. The van der Waals surface area contributed by atoms with Gasteiger partial charge < -0.3 is 56.9 Å². The number of piperazine rings is 1. The lowest BCUT2D eigenvalue weighted by Gasteiger charge is -2.35. The molecule has 1 aromatic heterocycles. The topological polar surface area (TPSA) is 243 Å². The first-order chi connectivity index (χ1) is 26.6. The first-order valence-corrected chi connectivity index (χ1v) is 18.3. The van der Waals surface area contributed by atoms with E-state index in [1.807, 2.05) is 13.8 Å². The number of anilines is 2. The number of benzene rings is 2. The van der Waals surface area contributed by atoms with Crippen LogP contribution >= 0.6 is 0 Å². The zero-order valence-corrected chi connectivity index (χ0v) is 31.9. The molecule has 56 heavy (non-hydrogen) atoms. The number of urea groups is 1. The minimum atomic E-state index is -1.38. The Morgan fingerprint density at radius 3 is 2.30 bits per heavy atom. The predicted molar refractivity (Wildman–Crippen MR) is 208 cm³/mol. The third-order valence-electron chi connectivity index (χ3n) is 9.30. The predicted octanol–water partition coefficient (Wildman–Crippen LogP) is 2.62. The van der Waals surface area contributed by atoms with Crippen molar-refractivity contribution in [3.05, 3.63) is 81.7 Å². The number of primary amides is 1. The quantitative estimate of drug-likeness (QED) is 0.104. The van der Waals surface area contributed by atoms with Gasteiger partial charge in [-0.3, -0.25) is 14.4 Å². The molecule has 4 rings (SSSR count). The summed E-state index contributed by atoms with van der Waals surface area (Å²) in [5.74, 6) is -2.68. The van der Waals surface area contributed by atoms with Crippen LogP contribution in [0.2, 0.25) is 0 Å². The lowest BCUT2D eigenvalue weighted by Crippen LogP contribution is -2.49. The zero-order chi connectivity index (χ0) is 41.1. The van der Waals surface area contributed by atoms with E-state index in [1.165, 1.54) is 30.3 Å². The molecule has 0 saturated carbocycles. The molecule has 1 aliphatic heterocycles. The van der Waals surface area contributed by atoms with Crippen LogP contribution in [0.3, 0.4) is 0 Å². The number of carboxylic acid groups (broad SMARTS) is 1. The lowest BCUT2D eigenvalue weighted by molar-refractivity contribution is -0.120. The molecule has 3 aromatic rings. The van der Waals surface area contributed by atoms with Gasteiger partial charge in [-0.05, 0) is 55.5 Å². The number of amides is 5. The Labute approximate surface area is 323 Å². The van der Waals surface area contributed by atoms with Crippen molar-refractivity contribution < 1.29 is 38.2 Å². The van der Waals surface area contributed by atoms with Gasteiger partial charge in [-0.2, -0.15) is 0 Å². The fourth-order valence-electron chi connectivity index (χ4n) is 6.28. The molecule has 0 unspecified atom stereocenters. The molecule has 302 valence electrons. The number of aromatic carboxylic acids is 1. The summed E-state index contributed by atoms with van der Waals surface area (Å²) in [5, 5.41) is 20.6. The van der Waals surface area contributed by atoms with Crippen LogP contribution in [0.4, 0.5) is 25.4 Å². The number of nitrogens with zero attached hydrogens (tertiary/aromatic N) is 3. The van der Waals surface area contributed by atoms with E-state index in [9.17, 15) is 33.9 Å². The summed E-state index contributed by atoms with van der Waals surface area (Å²) in [5.41, 5.74) is 12.4. The van der Waals surface area contributed by atoms with Crippen LogP contribution in [-0.4, -0.2) is 89.3 Å². The summed E-state index contributed by atoms with van der Waals surface area (Å²) in [6.45, 7) is 8.67. The highest BCUT2D eigenvalue weighted by Gasteiger charge is 2.26. The van der Waals surface area contributed by atoms with E-state index in [-0.39, 0.29) is 55.0 Å². The highest BCUT2D eigenvalue weighted by Crippen LogP contribution is 2.27. The van der Waals surface area contributed by atoms with Gasteiger partial charge in [-0.15, -0.1) is 0 Å². The molecule has 1 saturated heterocycles. The molecule has 2 atom stereocenters. The lowest BCUT2D eigenvalue weighted by atomic mass is 10.0. The third-order valence-corrected chi connectivity index (χ3v) is 9.30. The number of aryl methyl sites for hydroxylation is 1. The number of ether oxygens (including phenoxy) is 1. The number of aromatic nitrogens is 1. The Kier molecular flexibility index (Phi) is 14.6. The second-order valence-electron chi connectivity index (χ2n) is 13.7. The molecule has 9 N–H and O–H groups in total. The molecule has 2 aromatic carbocycles. The molecule has 0 bridgehead atoms. The highest BCUT2D eigenvalue weighted by molar-refractivity contribution is 5.95. The average Bonchev–Trinajstić information content (AvgIpc) is 3.15. The van der Waals surface area contributed by atoms with Gasteiger partial charge in [0.1, 0.15) is 24.0 Å².